The Hall–Kier alpha value is -1.74. The second kappa shape index (κ2) is 13.5. The molecule has 0 radical (unpaired) electrons. The minimum atomic E-state index is 0. The zero-order valence-corrected chi connectivity index (χ0v) is 19.4. The number of rotatable bonds is 9. The number of piperidine rings is 1. The van der Waals surface area contributed by atoms with Gasteiger partial charge in [-0.1, -0.05) is 18.2 Å². The number of aliphatic imine (C=N–C) groups is 1. The van der Waals surface area contributed by atoms with Gasteiger partial charge in [0.2, 0.25) is 0 Å². The molecule has 0 aliphatic carbocycles. The lowest BCUT2D eigenvalue weighted by molar-refractivity contribution is 0.105. The zero-order valence-electron chi connectivity index (χ0n) is 17.1. The number of para-hydroxylation sites is 1. The molecule has 2 heterocycles. The highest BCUT2D eigenvalue weighted by Crippen LogP contribution is 2.18. The predicted octanol–water partition coefficient (Wildman–Crippen LogP) is 4.31. The van der Waals surface area contributed by atoms with E-state index in [0.29, 0.717) is 13.2 Å². The van der Waals surface area contributed by atoms with E-state index in [9.17, 15) is 0 Å². The van der Waals surface area contributed by atoms with Crippen molar-refractivity contribution in [2.24, 2.45) is 4.99 Å². The van der Waals surface area contributed by atoms with Crippen molar-refractivity contribution in [2.75, 3.05) is 32.8 Å². The topological polar surface area (TPSA) is 59.2 Å². The molecule has 1 fully saturated rings. The fourth-order valence-electron chi connectivity index (χ4n) is 3.22. The van der Waals surface area contributed by atoms with E-state index in [1.165, 1.54) is 0 Å². The molecule has 0 amide bonds. The number of ether oxygens (including phenoxy) is 2. The molecule has 160 valence electrons. The first-order valence-corrected chi connectivity index (χ1v) is 10.2. The Morgan fingerprint density at radius 1 is 1.17 bits per heavy atom. The number of nitrogens with zero attached hydrogens (tertiary/aromatic N) is 2. The lowest BCUT2D eigenvalue weighted by atomic mass is 10.1. The fourth-order valence-corrected chi connectivity index (χ4v) is 3.22. The van der Waals surface area contributed by atoms with Crippen LogP contribution in [-0.2, 0) is 11.3 Å². The van der Waals surface area contributed by atoms with Crippen molar-refractivity contribution in [3.63, 3.8) is 0 Å². The molecular weight excluding hydrogens is 481 g/mol. The zero-order chi connectivity index (χ0) is 19.4. The van der Waals surface area contributed by atoms with Gasteiger partial charge < -0.3 is 24.1 Å². The average molecular weight is 513 g/mol. The largest absolute Gasteiger partial charge is 0.490 e. The van der Waals surface area contributed by atoms with Crippen LogP contribution in [0, 0.1) is 0 Å². The summed E-state index contributed by atoms with van der Waals surface area (Å²) in [6.45, 7) is 6.83. The lowest BCUT2D eigenvalue weighted by Gasteiger charge is -2.34. The SMILES string of the molecule is CCNC(=NCCCOCc1ccco1)N1CCC(Oc2ccccc2)CC1.I. The van der Waals surface area contributed by atoms with E-state index < -0.39 is 0 Å². The van der Waals surface area contributed by atoms with E-state index in [-0.39, 0.29) is 30.1 Å². The van der Waals surface area contributed by atoms with E-state index in [1.54, 1.807) is 6.26 Å². The number of halogens is 1. The highest BCUT2D eigenvalue weighted by atomic mass is 127. The third-order valence-corrected chi connectivity index (χ3v) is 4.66. The summed E-state index contributed by atoms with van der Waals surface area (Å²) in [6, 6.07) is 13.9. The normalized spacial score (nSPS) is 15.1. The van der Waals surface area contributed by atoms with Crippen LogP contribution in [-0.4, -0.2) is 49.7 Å². The van der Waals surface area contributed by atoms with Gasteiger partial charge in [-0.05, 0) is 37.6 Å². The molecule has 29 heavy (non-hydrogen) atoms. The van der Waals surface area contributed by atoms with E-state index in [0.717, 1.165) is 62.9 Å². The van der Waals surface area contributed by atoms with Crippen LogP contribution < -0.4 is 10.1 Å². The van der Waals surface area contributed by atoms with Gasteiger partial charge in [-0.15, -0.1) is 24.0 Å². The number of hydrogen-bond donors (Lipinski definition) is 1. The monoisotopic (exact) mass is 513 g/mol. The van der Waals surface area contributed by atoms with Gasteiger partial charge in [0.25, 0.3) is 0 Å². The minimum absolute atomic E-state index is 0. The van der Waals surface area contributed by atoms with Crippen LogP contribution in [0.25, 0.3) is 0 Å². The number of furan rings is 1. The van der Waals surface area contributed by atoms with E-state index in [2.05, 4.69) is 17.1 Å². The van der Waals surface area contributed by atoms with Crippen LogP contribution in [0.5, 0.6) is 5.75 Å². The number of benzene rings is 1. The molecule has 1 N–H and O–H groups in total. The van der Waals surface area contributed by atoms with Crippen LogP contribution in [0.4, 0.5) is 0 Å². The molecule has 6 nitrogen and oxygen atoms in total. The van der Waals surface area contributed by atoms with Crippen molar-refractivity contribution in [1.82, 2.24) is 10.2 Å². The highest BCUT2D eigenvalue weighted by Gasteiger charge is 2.22. The fraction of sp³-hybridized carbons (Fsp3) is 0.500. The molecule has 1 aliphatic heterocycles. The van der Waals surface area contributed by atoms with Crippen LogP contribution in [0.2, 0.25) is 0 Å². The summed E-state index contributed by atoms with van der Waals surface area (Å²) in [5.74, 6) is 2.81. The molecule has 1 aliphatic rings. The quantitative estimate of drug-likeness (QED) is 0.234. The Balaban J connectivity index is 0.00000300. The Labute approximate surface area is 190 Å². The Morgan fingerprint density at radius 2 is 1.97 bits per heavy atom. The van der Waals surface area contributed by atoms with E-state index >= 15 is 0 Å². The van der Waals surface area contributed by atoms with Gasteiger partial charge >= 0.3 is 0 Å². The van der Waals surface area contributed by atoms with Gasteiger partial charge in [-0.3, -0.25) is 4.99 Å². The van der Waals surface area contributed by atoms with E-state index in [4.69, 9.17) is 18.9 Å². The molecule has 1 aromatic heterocycles. The van der Waals surface area contributed by atoms with Crippen molar-refractivity contribution in [1.29, 1.82) is 0 Å². The molecule has 0 saturated carbocycles. The summed E-state index contributed by atoms with van der Waals surface area (Å²) in [7, 11) is 0. The third kappa shape index (κ3) is 8.26. The number of nitrogens with one attached hydrogen (secondary N) is 1. The Kier molecular flexibility index (Phi) is 10.9. The molecule has 3 rings (SSSR count). The molecule has 7 heteroatoms. The Bertz CT molecular complexity index is 687. The summed E-state index contributed by atoms with van der Waals surface area (Å²) in [4.78, 5) is 7.10. The summed E-state index contributed by atoms with van der Waals surface area (Å²) in [6.07, 6.45) is 4.84. The minimum Gasteiger partial charge on any atom is -0.490 e. The number of guanidine groups is 1. The third-order valence-electron chi connectivity index (χ3n) is 4.66. The number of hydrogen-bond acceptors (Lipinski definition) is 4. The van der Waals surface area contributed by atoms with Crippen molar-refractivity contribution in [3.05, 3.63) is 54.5 Å². The van der Waals surface area contributed by atoms with Crippen LogP contribution in [0.15, 0.2) is 58.1 Å². The molecule has 1 aromatic carbocycles. The number of likely N-dealkylation sites (tertiary alicyclic amines) is 1. The van der Waals surface area contributed by atoms with Crippen LogP contribution in [0.1, 0.15) is 31.9 Å². The second-order valence-electron chi connectivity index (χ2n) is 6.84. The van der Waals surface area contributed by atoms with Gasteiger partial charge in [0.05, 0.1) is 6.26 Å². The average Bonchev–Trinajstić information content (AvgIpc) is 3.25. The van der Waals surface area contributed by atoms with Gasteiger partial charge in [0, 0.05) is 45.6 Å². The van der Waals surface area contributed by atoms with Crippen LogP contribution >= 0.6 is 24.0 Å². The summed E-state index contributed by atoms with van der Waals surface area (Å²) >= 11 is 0. The second-order valence-corrected chi connectivity index (χ2v) is 6.84. The van der Waals surface area contributed by atoms with Crippen molar-refractivity contribution >= 4 is 29.9 Å². The molecule has 2 aromatic rings. The summed E-state index contributed by atoms with van der Waals surface area (Å²) in [5.41, 5.74) is 0. The standard InChI is InChI=1S/C22H31N3O3.HI/c1-2-23-22(24-13-7-16-26-18-21-10-6-17-27-21)25-14-11-20(12-15-25)28-19-8-4-3-5-9-19;/h3-6,8-10,17,20H,2,7,11-16,18H2,1H3,(H,23,24);1H. The summed E-state index contributed by atoms with van der Waals surface area (Å²) in [5, 5.41) is 3.41. The summed E-state index contributed by atoms with van der Waals surface area (Å²) < 4.78 is 17.0. The Morgan fingerprint density at radius 3 is 2.66 bits per heavy atom. The lowest BCUT2D eigenvalue weighted by Crippen LogP contribution is -2.47. The molecule has 0 bridgehead atoms. The van der Waals surface area contributed by atoms with Gasteiger partial charge in [-0.25, -0.2) is 0 Å². The molecule has 1 saturated heterocycles. The maximum atomic E-state index is 6.09. The van der Waals surface area contributed by atoms with Crippen LogP contribution in [0.3, 0.4) is 0 Å². The van der Waals surface area contributed by atoms with Crippen molar-refractivity contribution in [2.45, 2.75) is 38.9 Å². The highest BCUT2D eigenvalue weighted by molar-refractivity contribution is 14.0. The molecule has 0 atom stereocenters. The maximum absolute atomic E-state index is 6.09. The van der Waals surface area contributed by atoms with Gasteiger partial charge in [0.15, 0.2) is 5.96 Å². The van der Waals surface area contributed by atoms with Gasteiger partial charge in [0.1, 0.15) is 24.2 Å². The van der Waals surface area contributed by atoms with Crippen molar-refractivity contribution < 1.29 is 13.9 Å². The van der Waals surface area contributed by atoms with Crippen molar-refractivity contribution in [3.8, 4) is 5.75 Å². The molecule has 0 spiro atoms. The van der Waals surface area contributed by atoms with Gasteiger partial charge in [-0.2, -0.15) is 0 Å². The molecular formula is C22H32IN3O3. The first-order chi connectivity index (χ1) is 13.8. The molecule has 0 unspecified atom stereocenters. The smallest absolute Gasteiger partial charge is 0.193 e. The first-order valence-electron chi connectivity index (χ1n) is 10.2. The maximum Gasteiger partial charge on any atom is 0.193 e. The van der Waals surface area contributed by atoms with E-state index in [1.807, 2.05) is 42.5 Å². The first kappa shape index (κ1) is 23.5. The predicted molar refractivity (Wildman–Crippen MR) is 126 cm³/mol.